The summed E-state index contributed by atoms with van der Waals surface area (Å²) in [6.45, 7) is 3.17. The Morgan fingerprint density at radius 1 is 0.947 bits per heavy atom. The highest BCUT2D eigenvalue weighted by molar-refractivity contribution is 6.05. The minimum atomic E-state index is 0.972. The lowest BCUT2D eigenvalue weighted by Gasteiger charge is -2.01. The number of pyridine rings is 1. The van der Waals surface area contributed by atoms with Gasteiger partial charge in [0.2, 0.25) is 11.0 Å². The van der Waals surface area contributed by atoms with Crippen molar-refractivity contribution in [1.82, 2.24) is 4.98 Å². The number of nitrogens with zero attached hydrogens (tertiary/aromatic N) is 1. The highest BCUT2D eigenvalue weighted by Crippen LogP contribution is 2.25. The van der Waals surface area contributed by atoms with Gasteiger partial charge >= 0.3 is 0 Å². The third kappa shape index (κ3) is 1.40. The second-order valence-corrected chi connectivity index (χ2v) is 4.88. The summed E-state index contributed by atoms with van der Waals surface area (Å²) in [4.78, 5) is 3.52. The molecule has 4 rings (SSSR count). The number of H-pyrrole nitrogens is 1. The zero-order chi connectivity index (χ0) is 12.8. The monoisotopic (exact) mass is 247 g/mol. The van der Waals surface area contributed by atoms with E-state index in [4.69, 9.17) is 0 Å². The second kappa shape index (κ2) is 3.82. The number of rotatable bonds is 1. The molecular weight excluding hydrogens is 232 g/mol. The second-order valence-electron chi connectivity index (χ2n) is 4.88. The van der Waals surface area contributed by atoms with Crippen molar-refractivity contribution in [3.63, 3.8) is 0 Å². The minimum Gasteiger partial charge on any atom is -0.349 e. The quantitative estimate of drug-likeness (QED) is 0.494. The maximum Gasteiger partial charge on any atom is 0.238 e. The fourth-order valence-electron chi connectivity index (χ4n) is 3.00. The van der Waals surface area contributed by atoms with Gasteiger partial charge in [0.1, 0.15) is 12.1 Å². The Hall–Kier alpha value is -2.35. The summed E-state index contributed by atoms with van der Waals surface area (Å²) in [5.41, 5.74) is 5.01. The number of fused-ring (bicyclic) bond motifs is 4. The van der Waals surface area contributed by atoms with Crippen molar-refractivity contribution in [2.24, 2.45) is 0 Å². The van der Waals surface area contributed by atoms with Crippen LogP contribution in [-0.4, -0.2) is 4.98 Å². The summed E-state index contributed by atoms with van der Waals surface area (Å²) in [7, 11) is 0. The Bertz CT molecular complexity index is 903. The van der Waals surface area contributed by atoms with Gasteiger partial charge in [-0.25, -0.2) is 0 Å². The fourth-order valence-corrected chi connectivity index (χ4v) is 3.00. The predicted molar refractivity (Wildman–Crippen MR) is 79.2 cm³/mol. The van der Waals surface area contributed by atoms with E-state index in [-0.39, 0.29) is 0 Å². The molecule has 4 aromatic rings. The number of aromatic nitrogens is 2. The number of aromatic amines is 1. The Labute approximate surface area is 111 Å². The molecule has 92 valence electrons. The van der Waals surface area contributed by atoms with Gasteiger partial charge in [-0.3, -0.25) is 0 Å². The highest BCUT2D eigenvalue weighted by Gasteiger charge is 2.17. The molecule has 0 aliphatic carbocycles. The van der Waals surface area contributed by atoms with Crippen molar-refractivity contribution in [2.75, 3.05) is 0 Å². The first kappa shape index (κ1) is 10.6. The Morgan fingerprint density at radius 2 is 1.74 bits per heavy atom. The third-order valence-corrected chi connectivity index (χ3v) is 3.82. The molecule has 0 aliphatic rings. The summed E-state index contributed by atoms with van der Waals surface area (Å²) in [6, 6.07) is 19.3. The number of hydrogen-bond donors (Lipinski definition) is 1. The molecule has 0 aliphatic heterocycles. The van der Waals surface area contributed by atoms with Gasteiger partial charge in [-0.05, 0) is 31.2 Å². The molecular formula is C17H15N2+. The highest BCUT2D eigenvalue weighted by atomic mass is 15.0. The van der Waals surface area contributed by atoms with Gasteiger partial charge < -0.3 is 4.98 Å². The van der Waals surface area contributed by atoms with Crippen molar-refractivity contribution in [3.05, 3.63) is 54.6 Å². The summed E-state index contributed by atoms with van der Waals surface area (Å²) in [5.74, 6) is 0. The summed E-state index contributed by atoms with van der Waals surface area (Å²) < 4.78 is 2.39. The van der Waals surface area contributed by atoms with Crippen LogP contribution in [0.5, 0.6) is 0 Å². The largest absolute Gasteiger partial charge is 0.349 e. The molecule has 0 bridgehead atoms. The first-order chi connectivity index (χ1) is 9.38. The third-order valence-electron chi connectivity index (χ3n) is 3.82. The van der Waals surface area contributed by atoms with Crippen LogP contribution in [0.25, 0.3) is 32.8 Å². The molecule has 2 aromatic heterocycles. The van der Waals surface area contributed by atoms with Crippen LogP contribution in [0.1, 0.15) is 6.92 Å². The molecule has 0 saturated carbocycles. The van der Waals surface area contributed by atoms with E-state index in [0.29, 0.717) is 0 Å². The lowest BCUT2D eigenvalue weighted by atomic mass is 10.1. The van der Waals surface area contributed by atoms with E-state index >= 15 is 0 Å². The Balaban J connectivity index is 2.33. The van der Waals surface area contributed by atoms with Crippen LogP contribution in [0.4, 0.5) is 0 Å². The van der Waals surface area contributed by atoms with Gasteiger partial charge in [0.15, 0.2) is 0 Å². The van der Waals surface area contributed by atoms with Crippen molar-refractivity contribution in [2.45, 2.75) is 13.5 Å². The first-order valence-corrected chi connectivity index (χ1v) is 6.70. The van der Waals surface area contributed by atoms with Crippen molar-refractivity contribution in [3.8, 4) is 0 Å². The molecule has 0 radical (unpaired) electrons. The molecule has 2 aromatic carbocycles. The normalized spacial score (nSPS) is 11.6. The van der Waals surface area contributed by atoms with E-state index in [0.717, 1.165) is 6.54 Å². The standard InChI is InChI=1S/C17H14N2/c1-2-19-16-10-6-3-7-12(16)11-15-17(19)13-8-4-5-9-14(13)18-15/h3-11H,2H2,1H3/p+1. The zero-order valence-corrected chi connectivity index (χ0v) is 10.9. The van der Waals surface area contributed by atoms with Crippen LogP contribution >= 0.6 is 0 Å². The van der Waals surface area contributed by atoms with Gasteiger partial charge in [0.05, 0.1) is 10.9 Å². The van der Waals surface area contributed by atoms with E-state index in [2.05, 4.69) is 71.1 Å². The van der Waals surface area contributed by atoms with Crippen LogP contribution in [-0.2, 0) is 6.54 Å². The van der Waals surface area contributed by atoms with E-state index in [1.54, 1.807) is 0 Å². The van der Waals surface area contributed by atoms with Crippen LogP contribution < -0.4 is 4.57 Å². The number of benzene rings is 2. The molecule has 2 heteroatoms. The van der Waals surface area contributed by atoms with E-state index in [9.17, 15) is 0 Å². The van der Waals surface area contributed by atoms with Crippen LogP contribution in [0.2, 0.25) is 0 Å². The number of para-hydroxylation sites is 2. The number of nitrogens with one attached hydrogen (secondary N) is 1. The molecule has 0 amide bonds. The average Bonchev–Trinajstić information content (AvgIpc) is 2.82. The van der Waals surface area contributed by atoms with Crippen LogP contribution in [0.15, 0.2) is 54.6 Å². The SMILES string of the molecule is CC[n+]1c2ccccc2cc2[nH]c3ccccc3c21. The van der Waals surface area contributed by atoms with Crippen LogP contribution in [0.3, 0.4) is 0 Å². The maximum atomic E-state index is 3.52. The molecule has 2 nitrogen and oxygen atoms in total. The first-order valence-electron chi connectivity index (χ1n) is 6.70. The summed E-state index contributed by atoms with van der Waals surface area (Å²) in [5, 5.41) is 2.58. The molecule has 0 fully saturated rings. The van der Waals surface area contributed by atoms with Gasteiger partial charge in [0, 0.05) is 11.5 Å². The predicted octanol–water partition coefficient (Wildman–Crippen LogP) is 3.78. The van der Waals surface area contributed by atoms with Gasteiger partial charge in [-0.15, -0.1) is 0 Å². The van der Waals surface area contributed by atoms with E-state index in [1.165, 1.54) is 32.8 Å². The molecule has 0 atom stereocenters. The maximum absolute atomic E-state index is 3.52. The van der Waals surface area contributed by atoms with Crippen molar-refractivity contribution >= 4 is 32.8 Å². The molecule has 1 N–H and O–H groups in total. The molecule has 19 heavy (non-hydrogen) atoms. The topological polar surface area (TPSA) is 19.7 Å². The van der Waals surface area contributed by atoms with Crippen molar-refractivity contribution < 1.29 is 4.57 Å². The van der Waals surface area contributed by atoms with Crippen LogP contribution in [0, 0.1) is 0 Å². The molecule has 2 heterocycles. The molecule has 0 saturated heterocycles. The number of aryl methyl sites for hydroxylation is 1. The lowest BCUT2D eigenvalue weighted by molar-refractivity contribution is -0.640. The Kier molecular flexibility index (Phi) is 2.12. The van der Waals surface area contributed by atoms with E-state index < -0.39 is 0 Å². The fraction of sp³-hybridized carbons (Fsp3) is 0.118. The minimum absolute atomic E-state index is 0.972. The smallest absolute Gasteiger partial charge is 0.238 e. The number of hydrogen-bond acceptors (Lipinski definition) is 0. The van der Waals surface area contributed by atoms with Gasteiger partial charge in [0.25, 0.3) is 0 Å². The lowest BCUT2D eigenvalue weighted by Crippen LogP contribution is -2.33. The van der Waals surface area contributed by atoms with Gasteiger partial charge in [-0.2, -0.15) is 4.57 Å². The molecule has 0 unspecified atom stereocenters. The van der Waals surface area contributed by atoms with Crippen molar-refractivity contribution in [1.29, 1.82) is 0 Å². The average molecular weight is 247 g/mol. The molecule has 0 spiro atoms. The van der Waals surface area contributed by atoms with Gasteiger partial charge in [-0.1, -0.05) is 24.3 Å². The Morgan fingerprint density at radius 3 is 2.63 bits per heavy atom. The zero-order valence-electron chi connectivity index (χ0n) is 10.9. The summed E-state index contributed by atoms with van der Waals surface area (Å²) in [6.07, 6.45) is 0. The summed E-state index contributed by atoms with van der Waals surface area (Å²) >= 11 is 0. The van der Waals surface area contributed by atoms with E-state index in [1.807, 2.05) is 0 Å².